The zero-order valence-corrected chi connectivity index (χ0v) is 15.7. The van der Waals surface area contributed by atoms with Crippen LogP contribution in [0.25, 0.3) is 0 Å². The van der Waals surface area contributed by atoms with E-state index in [-0.39, 0.29) is 11.1 Å². The molecular formula is C20H17ClN4O3. The first kappa shape index (κ1) is 19.3. The number of nitrogens with one attached hydrogen (secondary N) is 2. The first-order chi connectivity index (χ1) is 13.6. The molecule has 0 bridgehead atoms. The maximum absolute atomic E-state index is 12.4. The summed E-state index contributed by atoms with van der Waals surface area (Å²) < 4.78 is 4.72. The first-order valence-corrected chi connectivity index (χ1v) is 8.74. The Hall–Kier alpha value is -3.45. The van der Waals surface area contributed by atoms with E-state index in [1.54, 1.807) is 30.3 Å². The molecule has 0 fully saturated rings. The lowest BCUT2D eigenvalue weighted by atomic mass is 10.1. The van der Waals surface area contributed by atoms with E-state index in [1.165, 1.54) is 19.5 Å². The van der Waals surface area contributed by atoms with Crippen LogP contribution in [0, 0.1) is 0 Å². The van der Waals surface area contributed by atoms with Crippen molar-refractivity contribution in [2.75, 3.05) is 17.7 Å². The maximum Gasteiger partial charge on any atom is 0.339 e. The quantitative estimate of drug-likeness (QED) is 0.616. The second kappa shape index (κ2) is 8.96. The van der Waals surface area contributed by atoms with Crippen molar-refractivity contribution in [1.29, 1.82) is 0 Å². The number of benzene rings is 2. The Kier molecular flexibility index (Phi) is 6.18. The van der Waals surface area contributed by atoms with E-state index in [4.69, 9.17) is 16.3 Å². The van der Waals surface area contributed by atoms with Gasteiger partial charge in [0, 0.05) is 24.0 Å². The van der Waals surface area contributed by atoms with Crippen LogP contribution in [-0.2, 0) is 11.3 Å². The fourth-order valence-electron chi connectivity index (χ4n) is 2.43. The number of esters is 1. The van der Waals surface area contributed by atoms with E-state index < -0.39 is 11.9 Å². The van der Waals surface area contributed by atoms with Crippen molar-refractivity contribution < 1.29 is 14.3 Å². The average molecular weight is 397 g/mol. The van der Waals surface area contributed by atoms with Gasteiger partial charge in [-0.3, -0.25) is 4.79 Å². The number of amides is 1. The van der Waals surface area contributed by atoms with Gasteiger partial charge in [0.05, 0.1) is 23.9 Å². The number of carbonyl (C=O) groups excluding carboxylic acids is 2. The second-order valence-corrected chi connectivity index (χ2v) is 6.14. The van der Waals surface area contributed by atoms with Crippen molar-refractivity contribution in [3.63, 3.8) is 0 Å². The Morgan fingerprint density at radius 3 is 2.43 bits per heavy atom. The molecule has 1 aromatic heterocycles. The van der Waals surface area contributed by atoms with Gasteiger partial charge < -0.3 is 15.4 Å². The zero-order chi connectivity index (χ0) is 19.9. The van der Waals surface area contributed by atoms with Gasteiger partial charge >= 0.3 is 5.97 Å². The summed E-state index contributed by atoms with van der Waals surface area (Å²) in [7, 11) is 1.28. The van der Waals surface area contributed by atoms with Crippen molar-refractivity contribution >= 4 is 35.1 Å². The molecule has 0 radical (unpaired) electrons. The molecule has 1 amide bonds. The fourth-order valence-corrected chi connectivity index (χ4v) is 2.63. The first-order valence-electron chi connectivity index (χ1n) is 8.36. The van der Waals surface area contributed by atoms with E-state index >= 15 is 0 Å². The Morgan fingerprint density at radius 2 is 1.71 bits per heavy atom. The number of carbonyl (C=O) groups is 2. The summed E-state index contributed by atoms with van der Waals surface area (Å²) >= 11 is 6.11. The number of para-hydroxylation sites is 1. The molecule has 8 heteroatoms. The lowest BCUT2D eigenvalue weighted by Gasteiger charge is -2.10. The standard InChI is InChI=1S/C20H17ClN4O3/c1-28-19(27)15-7-3-5-9-17(15)25-18(26)14-11-23-20(24-12-14)22-10-13-6-2-4-8-16(13)21/h2-9,11-12H,10H2,1H3,(H,25,26)(H,22,23,24). The van der Waals surface area contributed by atoms with Gasteiger partial charge in [0.15, 0.2) is 0 Å². The molecule has 0 saturated carbocycles. The topological polar surface area (TPSA) is 93.2 Å². The molecule has 7 nitrogen and oxygen atoms in total. The molecule has 142 valence electrons. The van der Waals surface area contributed by atoms with Crippen LogP contribution in [0.5, 0.6) is 0 Å². The minimum atomic E-state index is -0.536. The molecule has 0 spiro atoms. The molecule has 2 aromatic carbocycles. The van der Waals surface area contributed by atoms with E-state index in [9.17, 15) is 9.59 Å². The van der Waals surface area contributed by atoms with Crippen molar-refractivity contribution in [3.8, 4) is 0 Å². The number of hydrogen-bond donors (Lipinski definition) is 2. The summed E-state index contributed by atoms with van der Waals surface area (Å²) in [4.78, 5) is 32.5. The van der Waals surface area contributed by atoms with Crippen molar-refractivity contribution in [1.82, 2.24) is 9.97 Å². The number of methoxy groups -OCH3 is 1. The number of rotatable bonds is 6. The lowest BCUT2D eigenvalue weighted by molar-refractivity contribution is 0.0602. The minimum absolute atomic E-state index is 0.253. The van der Waals surface area contributed by atoms with Crippen LogP contribution in [0.3, 0.4) is 0 Å². The van der Waals surface area contributed by atoms with Crippen molar-refractivity contribution in [2.45, 2.75) is 6.54 Å². The van der Waals surface area contributed by atoms with Crippen LogP contribution in [0.1, 0.15) is 26.3 Å². The lowest BCUT2D eigenvalue weighted by Crippen LogP contribution is -2.16. The van der Waals surface area contributed by atoms with Crippen LogP contribution in [0.4, 0.5) is 11.6 Å². The van der Waals surface area contributed by atoms with Gasteiger partial charge in [-0.05, 0) is 23.8 Å². The van der Waals surface area contributed by atoms with Gasteiger partial charge in [0.25, 0.3) is 5.91 Å². The van der Waals surface area contributed by atoms with Gasteiger partial charge in [-0.2, -0.15) is 0 Å². The van der Waals surface area contributed by atoms with Gasteiger partial charge in [0.1, 0.15) is 0 Å². The van der Waals surface area contributed by atoms with Gasteiger partial charge in [-0.25, -0.2) is 14.8 Å². The van der Waals surface area contributed by atoms with Crippen molar-refractivity contribution in [3.05, 3.63) is 82.6 Å². The van der Waals surface area contributed by atoms with E-state index in [0.29, 0.717) is 23.2 Å². The molecule has 1 heterocycles. The molecule has 0 atom stereocenters. The van der Waals surface area contributed by atoms with E-state index in [0.717, 1.165) is 5.56 Å². The molecule has 28 heavy (non-hydrogen) atoms. The molecule has 0 aliphatic carbocycles. The predicted molar refractivity (Wildman–Crippen MR) is 107 cm³/mol. The fraction of sp³-hybridized carbons (Fsp3) is 0.100. The number of hydrogen-bond acceptors (Lipinski definition) is 6. The highest BCUT2D eigenvalue weighted by Crippen LogP contribution is 2.18. The predicted octanol–water partition coefficient (Wildman–Crippen LogP) is 3.78. The number of ether oxygens (including phenoxy) is 1. The third-order valence-corrected chi connectivity index (χ3v) is 4.26. The SMILES string of the molecule is COC(=O)c1ccccc1NC(=O)c1cnc(NCc2ccccc2Cl)nc1. The molecule has 0 aliphatic rings. The number of aromatic nitrogens is 2. The van der Waals surface area contributed by atoms with E-state index in [1.807, 2.05) is 18.2 Å². The number of anilines is 2. The normalized spacial score (nSPS) is 10.2. The minimum Gasteiger partial charge on any atom is -0.465 e. The summed E-state index contributed by atoms with van der Waals surface area (Å²) in [5.41, 5.74) is 1.77. The molecule has 0 unspecified atom stereocenters. The Labute approximate surface area is 166 Å². The molecule has 0 saturated heterocycles. The van der Waals surface area contributed by atoms with Crippen LogP contribution in [-0.4, -0.2) is 29.0 Å². The number of nitrogens with zero attached hydrogens (tertiary/aromatic N) is 2. The summed E-state index contributed by atoms with van der Waals surface area (Å²) in [6, 6.07) is 14.0. The largest absolute Gasteiger partial charge is 0.465 e. The molecular weight excluding hydrogens is 380 g/mol. The molecule has 3 aromatic rings. The number of halogens is 1. The van der Waals surface area contributed by atoms with Crippen molar-refractivity contribution in [2.24, 2.45) is 0 Å². The molecule has 2 N–H and O–H groups in total. The third-order valence-electron chi connectivity index (χ3n) is 3.89. The summed E-state index contributed by atoms with van der Waals surface area (Å²) in [5, 5.41) is 6.37. The smallest absolute Gasteiger partial charge is 0.339 e. The average Bonchev–Trinajstić information content (AvgIpc) is 2.73. The van der Waals surface area contributed by atoms with Crippen LogP contribution in [0.15, 0.2) is 60.9 Å². The molecule has 0 aliphatic heterocycles. The second-order valence-electron chi connectivity index (χ2n) is 5.73. The molecule has 3 rings (SSSR count). The highest BCUT2D eigenvalue weighted by molar-refractivity contribution is 6.31. The zero-order valence-electron chi connectivity index (χ0n) is 15.0. The van der Waals surface area contributed by atoms with Crippen LogP contribution in [0.2, 0.25) is 5.02 Å². The highest BCUT2D eigenvalue weighted by Gasteiger charge is 2.14. The maximum atomic E-state index is 12.4. The van der Waals surface area contributed by atoms with Gasteiger partial charge in [0.2, 0.25) is 5.95 Å². The Balaban J connectivity index is 1.66. The van der Waals surface area contributed by atoms with Crippen LogP contribution >= 0.6 is 11.6 Å². The third kappa shape index (κ3) is 4.63. The highest BCUT2D eigenvalue weighted by atomic mass is 35.5. The van der Waals surface area contributed by atoms with E-state index in [2.05, 4.69) is 20.6 Å². The summed E-state index contributed by atoms with van der Waals surface area (Å²) in [6.07, 6.45) is 2.80. The van der Waals surface area contributed by atoms with Gasteiger partial charge in [-0.15, -0.1) is 0 Å². The summed E-state index contributed by atoms with van der Waals surface area (Å²) in [5.74, 6) is -0.605. The summed E-state index contributed by atoms with van der Waals surface area (Å²) in [6.45, 7) is 0.456. The Bertz CT molecular complexity index is 993. The monoisotopic (exact) mass is 396 g/mol. The van der Waals surface area contributed by atoms with Gasteiger partial charge in [-0.1, -0.05) is 41.9 Å². The van der Waals surface area contributed by atoms with Crippen LogP contribution < -0.4 is 10.6 Å². The Morgan fingerprint density at radius 1 is 1.04 bits per heavy atom.